The maximum Gasteiger partial charge on any atom is 0.160 e. The summed E-state index contributed by atoms with van der Waals surface area (Å²) in [5, 5.41) is 4.92. The molecule has 0 N–H and O–H groups in total. The highest BCUT2D eigenvalue weighted by Gasteiger charge is 2.18. The van der Waals surface area contributed by atoms with Gasteiger partial charge in [-0.3, -0.25) is 0 Å². The van der Waals surface area contributed by atoms with Gasteiger partial charge in [-0.25, -0.2) is 9.97 Å². The van der Waals surface area contributed by atoms with Crippen LogP contribution in [0.4, 0.5) is 0 Å². The maximum absolute atomic E-state index is 5.13. The lowest BCUT2D eigenvalue weighted by molar-refractivity contribution is 1.18. The Kier molecular flexibility index (Phi) is 7.53. The van der Waals surface area contributed by atoms with E-state index < -0.39 is 0 Å². The van der Waals surface area contributed by atoms with Crippen molar-refractivity contribution in [1.82, 2.24) is 9.97 Å². The fraction of sp³-hybridized carbons (Fsp3) is 0. The van der Waals surface area contributed by atoms with E-state index in [2.05, 4.69) is 170 Å². The van der Waals surface area contributed by atoms with E-state index in [-0.39, 0.29) is 0 Å². The minimum atomic E-state index is 0.714. The van der Waals surface area contributed by atoms with Crippen molar-refractivity contribution < 1.29 is 0 Å². The lowest BCUT2D eigenvalue weighted by Gasteiger charge is -2.18. The standard InChI is InChI=1S/C48H32N2/c1-4-15-33(16-5-1)34-27-29-36(30-28-34)46-40-23-10-12-25-42(40)47(43-26-13-11-24-41(43)46)39-22-14-21-38(31-39)45-32-44(35-17-6-2-7-18-35)49-48(50-45)37-19-8-3-9-20-37/h1-32H. The molecule has 234 valence electrons. The SMILES string of the molecule is c1ccc(-c2ccc(-c3c4ccccc4c(-c4cccc(-c5cc(-c6ccccc6)nc(-c6ccccc6)n5)c4)c4ccccc34)cc2)cc1. The van der Waals surface area contributed by atoms with Gasteiger partial charge < -0.3 is 0 Å². The molecule has 0 fully saturated rings. The summed E-state index contributed by atoms with van der Waals surface area (Å²) in [6.07, 6.45) is 0. The van der Waals surface area contributed by atoms with E-state index in [1.807, 2.05) is 24.3 Å². The van der Waals surface area contributed by atoms with Gasteiger partial charge in [0.15, 0.2) is 5.82 Å². The Morgan fingerprint density at radius 2 is 0.620 bits per heavy atom. The van der Waals surface area contributed by atoms with Crippen LogP contribution in [0.25, 0.3) is 88.8 Å². The van der Waals surface area contributed by atoms with Gasteiger partial charge in [-0.1, -0.05) is 182 Å². The normalized spacial score (nSPS) is 11.2. The molecule has 0 amide bonds. The zero-order chi connectivity index (χ0) is 33.3. The molecule has 0 unspecified atom stereocenters. The molecule has 0 saturated carbocycles. The van der Waals surface area contributed by atoms with Crippen molar-refractivity contribution in [2.45, 2.75) is 0 Å². The van der Waals surface area contributed by atoms with E-state index in [1.165, 1.54) is 49.4 Å². The van der Waals surface area contributed by atoms with Gasteiger partial charge in [0.2, 0.25) is 0 Å². The molecule has 0 spiro atoms. The van der Waals surface area contributed by atoms with Crippen LogP contribution in [0.2, 0.25) is 0 Å². The molecule has 0 atom stereocenters. The summed E-state index contributed by atoms with van der Waals surface area (Å²) in [5.74, 6) is 0.714. The van der Waals surface area contributed by atoms with Crippen LogP contribution in [0, 0.1) is 0 Å². The molecule has 2 heteroatoms. The number of nitrogens with zero attached hydrogens (tertiary/aromatic N) is 2. The first-order valence-corrected chi connectivity index (χ1v) is 17.0. The third-order valence-corrected chi connectivity index (χ3v) is 9.49. The average molecular weight is 637 g/mol. The van der Waals surface area contributed by atoms with Crippen molar-refractivity contribution in [2.24, 2.45) is 0 Å². The number of hydrogen-bond acceptors (Lipinski definition) is 2. The monoisotopic (exact) mass is 636 g/mol. The summed E-state index contributed by atoms with van der Waals surface area (Å²) in [6, 6.07) is 68.7. The molecular formula is C48H32N2. The van der Waals surface area contributed by atoms with Crippen LogP contribution in [-0.4, -0.2) is 9.97 Å². The van der Waals surface area contributed by atoms with Gasteiger partial charge in [-0.15, -0.1) is 0 Å². The van der Waals surface area contributed by atoms with Crippen molar-refractivity contribution in [3.63, 3.8) is 0 Å². The number of rotatable bonds is 6. The van der Waals surface area contributed by atoms with Crippen molar-refractivity contribution >= 4 is 21.5 Å². The molecule has 8 aromatic carbocycles. The van der Waals surface area contributed by atoms with Gasteiger partial charge >= 0.3 is 0 Å². The highest BCUT2D eigenvalue weighted by molar-refractivity contribution is 6.21. The molecule has 9 aromatic rings. The first kappa shape index (κ1) is 29.5. The van der Waals surface area contributed by atoms with E-state index in [4.69, 9.17) is 9.97 Å². The van der Waals surface area contributed by atoms with Gasteiger partial charge in [0.25, 0.3) is 0 Å². The van der Waals surface area contributed by atoms with Gasteiger partial charge in [-0.05, 0) is 67.1 Å². The molecular weight excluding hydrogens is 605 g/mol. The minimum Gasteiger partial charge on any atom is -0.228 e. The molecule has 0 bridgehead atoms. The highest BCUT2D eigenvalue weighted by atomic mass is 14.9. The van der Waals surface area contributed by atoms with Crippen LogP contribution in [0.3, 0.4) is 0 Å². The number of aromatic nitrogens is 2. The second kappa shape index (κ2) is 12.8. The van der Waals surface area contributed by atoms with Gasteiger partial charge in [0.05, 0.1) is 11.4 Å². The second-order valence-corrected chi connectivity index (χ2v) is 12.6. The van der Waals surface area contributed by atoms with Crippen LogP contribution in [0.1, 0.15) is 0 Å². The van der Waals surface area contributed by atoms with Crippen LogP contribution in [0.5, 0.6) is 0 Å². The van der Waals surface area contributed by atoms with E-state index in [9.17, 15) is 0 Å². The topological polar surface area (TPSA) is 25.8 Å². The molecule has 1 aromatic heterocycles. The summed E-state index contributed by atoms with van der Waals surface area (Å²) in [7, 11) is 0. The van der Waals surface area contributed by atoms with Crippen molar-refractivity contribution in [2.75, 3.05) is 0 Å². The van der Waals surface area contributed by atoms with Gasteiger partial charge in [0.1, 0.15) is 0 Å². The lowest BCUT2D eigenvalue weighted by Crippen LogP contribution is -1.96. The number of benzene rings is 8. The molecule has 9 rings (SSSR count). The predicted molar refractivity (Wildman–Crippen MR) is 210 cm³/mol. The highest BCUT2D eigenvalue weighted by Crippen LogP contribution is 2.44. The Hall–Kier alpha value is -6.64. The molecule has 0 radical (unpaired) electrons. The quantitative estimate of drug-likeness (QED) is 0.170. The van der Waals surface area contributed by atoms with Crippen LogP contribution in [-0.2, 0) is 0 Å². The maximum atomic E-state index is 5.13. The Labute approximate surface area is 292 Å². The summed E-state index contributed by atoms with van der Waals surface area (Å²) in [6.45, 7) is 0. The Bertz CT molecular complexity index is 2500. The first-order valence-electron chi connectivity index (χ1n) is 17.0. The molecule has 50 heavy (non-hydrogen) atoms. The van der Waals surface area contributed by atoms with Crippen LogP contribution in [0.15, 0.2) is 194 Å². The molecule has 0 aliphatic rings. The summed E-state index contributed by atoms with van der Waals surface area (Å²) < 4.78 is 0. The van der Waals surface area contributed by atoms with Gasteiger partial charge in [-0.2, -0.15) is 0 Å². The zero-order valence-electron chi connectivity index (χ0n) is 27.4. The van der Waals surface area contributed by atoms with Crippen LogP contribution < -0.4 is 0 Å². The fourth-order valence-electron chi connectivity index (χ4n) is 7.11. The molecule has 1 heterocycles. The molecule has 0 saturated heterocycles. The van der Waals surface area contributed by atoms with E-state index in [0.29, 0.717) is 5.82 Å². The van der Waals surface area contributed by atoms with Crippen molar-refractivity contribution in [3.8, 4) is 67.3 Å². The summed E-state index contributed by atoms with van der Waals surface area (Å²) in [4.78, 5) is 10.1. The van der Waals surface area contributed by atoms with E-state index >= 15 is 0 Å². The predicted octanol–water partition coefficient (Wildman–Crippen LogP) is 12.8. The average Bonchev–Trinajstić information content (AvgIpc) is 3.21. The zero-order valence-corrected chi connectivity index (χ0v) is 27.4. The van der Waals surface area contributed by atoms with Crippen LogP contribution >= 0.6 is 0 Å². The van der Waals surface area contributed by atoms with E-state index in [1.54, 1.807) is 0 Å². The smallest absolute Gasteiger partial charge is 0.160 e. The Balaban J connectivity index is 1.22. The number of hydrogen-bond donors (Lipinski definition) is 0. The van der Waals surface area contributed by atoms with Gasteiger partial charge in [0, 0.05) is 16.7 Å². The largest absolute Gasteiger partial charge is 0.228 e. The Morgan fingerprint density at radius 1 is 0.240 bits per heavy atom. The molecule has 2 nitrogen and oxygen atoms in total. The third kappa shape index (κ3) is 5.43. The van der Waals surface area contributed by atoms with Crippen molar-refractivity contribution in [3.05, 3.63) is 194 Å². The fourth-order valence-corrected chi connectivity index (χ4v) is 7.11. The van der Waals surface area contributed by atoms with Crippen molar-refractivity contribution in [1.29, 1.82) is 0 Å². The minimum absolute atomic E-state index is 0.714. The summed E-state index contributed by atoms with van der Waals surface area (Å²) in [5.41, 5.74) is 12.2. The lowest BCUT2D eigenvalue weighted by atomic mass is 9.85. The van der Waals surface area contributed by atoms with E-state index in [0.717, 1.165) is 33.6 Å². The summed E-state index contributed by atoms with van der Waals surface area (Å²) >= 11 is 0. The number of fused-ring (bicyclic) bond motifs is 2. The Morgan fingerprint density at radius 3 is 1.18 bits per heavy atom. The second-order valence-electron chi connectivity index (χ2n) is 12.6. The molecule has 0 aliphatic carbocycles. The molecule has 0 aliphatic heterocycles. The third-order valence-electron chi connectivity index (χ3n) is 9.49. The first-order chi connectivity index (χ1) is 24.8.